The van der Waals surface area contributed by atoms with E-state index in [1.165, 1.54) is 4.31 Å². The summed E-state index contributed by atoms with van der Waals surface area (Å²) in [6.07, 6.45) is 3.57. The maximum atomic E-state index is 12.6. The average Bonchev–Trinajstić information content (AvgIpc) is 3.06. The number of aliphatic hydroxyl groups excluding tert-OH is 1. The van der Waals surface area contributed by atoms with E-state index in [1.54, 1.807) is 4.90 Å². The molecule has 0 spiro atoms. The highest BCUT2D eigenvalue weighted by atomic mass is 32.2. The number of aliphatic hydroxyl groups is 1. The van der Waals surface area contributed by atoms with Crippen molar-refractivity contribution >= 4 is 15.9 Å². The molecule has 0 bridgehead atoms. The summed E-state index contributed by atoms with van der Waals surface area (Å²) in [6.45, 7) is 2.85. The first-order valence-corrected chi connectivity index (χ1v) is 9.03. The fourth-order valence-electron chi connectivity index (χ4n) is 3.20. The third kappa shape index (κ3) is 2.99. The molecule has 7 heteroatoms. The van der Waals surface area contributed by atoms with Gasteiger partial charge >= 0.3 is 0 Å². The fourth-order valence-corrected chi connectivity index (χ4v) is 4.94. The highest BCUT2D eigenvalue weighted by molar-refractivity contribution is 7.89. The van der Waals surface area contributed by atoms with E-state index in [0.717, 1.165) is 19.3 Å². The zero-order valence-corrected chi connectivity index (χ0v) is 12.8. The molecule has 2 heterocycles. The molecule has 2 fully saturated rings. The van der Waals surface area contributed by atoms with Gasteiger partial charge in [-0.25, -0.2) is 8.42 Å². The summed E-state index contributed by atoms with van der Waals surface area (Å²) in [7, 11) is -3.33. The molecule has 2 aliphatic heterocycles. The predicted octanol–water partition coefficient (Wildman–Crippen LogP) is 0.174. The Morgan fingerprint density at radius 1 is 1.25 bits per heavy atom. The van der Waals surface area contributed by atoms with Crippen LogP contribution in [0, 0.1) is 0 Å². The van der Waals surface area contributed by atoms with Crippen molar-refractivity contribution < 1.29 is 18.3 Å². The Labute approximate surface area is 120 Å². The van der Waals surface area contributed by atoms with Gasteiger partial charge in [0.15, 0.2) is 0 Å². The highest BCUT2D eigenvalue weighted by Gasteiger charge is 2.42. The maximum Gasteiger partial charge on any atom is 0.241 e. The predicted molar refractivity (Wildman–Crippen MR) is 75.6 cm³/mol. The van der Waals surface area contributed by atoms with Gasteiger partial charge < -0.3 is 10.0 Å². The van der Waals surface area contributed by atoms with E-state index in [0.29, 0.717) is 25.9 Å². The molecular weight excluding hydrogens is 280 g/mol. The number of likely N-dealkylation sites (tertiary alicyclic amines) is 1. The SMILES string of the molecule is CCCS(=O)(=O)N1CCCC1C(=O)N1CCC[C@@H]1CO. The Hall–Kier alpha value is -0.660. The Morgan fingerprint density at radius 2 is 1.95 bits per heavy atom. The molecular formula is C13H24N2O4S. The van der Waals surface area contributed by atoms with Crippen LogP contribution >= 0.6 is 0 Å². The van der Waals surface area contributed by atoms with Gasteiger partial charge in [0, 0.05) is 13.1 Å². The van der Waals surface area contributed by atoms with Crippen molar-refractivity contribution in [1.82, 2.24) is 9.21 Å². The summed E-state index contributed by atoms with van der Waals surface area (Å²) >= 11 is 0. The third-order valence-corrected chi connectivity index (χ3v) is 6.25. The summed E-state index contributed by atoms with van der Waals surface area (Å²) in [5, 5.41) is 9.31. The molecule has 20 heavy (non-hydrogen) atoms. The van der Waals surface area contributed by atoms with Crippen molar-refractivity contribution in [1.29, 1.82) is 0 Å². The van der Waals surface area contributed by atoms with E-state index in [-0.39, 0.29) is 24.3 Å². The zero-order valence-electron chi connectivity index (χ0n) is 12.0. The molecule has 2 rings (SSSR count). The standard InChI is InChI=1S/C13H24N2O4S/c1-2-9-20(18,19)15-8-4-6-12(15)13(17)14-7-3-5-11(14)10-16/h11-12,16H,2-10H2,1H3/t11-,12?/m1/s1. The second-order valence-corrected chi connectivity index (χ2v) is 7.64. The van der Waals surface area contributed by atoms with Crippen LogP contribution in [0.1, 0.15) is 39.0 Å². The van der Waals surface area contributed by atoms with Crippen LogP contribution in [0.25, 0.3) is 0 Å². The highest BCUT2D eigenvalue weighted by Crippen LogP contribution is 2.26. The van der Waals surface area contributed by atoms with Crippen LogP contribution in [0.4, 0.5) is 0 Å². The minimum Gasteiger partial charge on any atom is -0.394 e. The Bertz CT molecular complexity index is 451. The lowest BCUT2D eigenvalue weighted by molar-refractivity contribution is -0.136. The number of rotatable bonds is 5. The molecule has 0 radical (unpaired) electrons. The van der Waals surface area contributed by atoms with Crippen molar-refractivity contribution in [3.05, 3.63) is 0 Å². The second-order valence-electron chi connectivity index (χ2n) is 5.60. The van der Waals surface area contributed by atoms with E-state index in [4.69, 9.17) is 0 Å². The monoisotopic (exact) mass is 304 g/mol. The largest absolute Gasteiger partial charge is 0.394 e. The molecule has 2 aliphatic rings. The maximum absolute atomic E-state index is 12.6. The van der Waals surface area contributed by atoms with Gasteiger partial charge in [-0.15, -0.1) is 0 Å². The van der Waals surface area contributed by atoms with Gasteiger partial charge in [0.1, 0.15) is 6.04 Å². The van der Waals surface area contributed by atoms with Crippen LogP contribution in [-0.4, -0.2) is 66.2 Å². The molecule has 1 unspecified atom stereocenters. The van der Waals surface area contributed by atoms with Gasteiger partial charge in [-0.05, 0) is 32.1 Å². The van der Waals surface area contributed by atoms with Crippen molar-refractivity contribution in [2.45, 2.75) is 51.1 Å². The van der Waals surface area contributed by atoms with Crippen molar-refractivity contribution in [2.75, 3.05) is 25.4 Å². The first kappa shape index (κ1) is 15.7. The Morgan fingerprint density at radius 3 is 2.60 bits per heavy atom. The summed E-state index contributed by atoms with van der Waals surface area (Å²) in [4.78, 5) is 14.3. The van der Waals surface area contributed by atoms with Crippen molar-refractivity contribution in [3.8, 4) is 0 Å². The van der Waals surface area contributed by atoms with E-state index >= 15 is 0 Å². The molecule has 116 valence electrons. The topological polar surface area (TPSA) is 77.9 Å². The molecule has 2 atom stereocenters. The lowest BCUT2D eigenvalue weighted by Crippen LogP contribution is -2.50. The van der Waals surface area contributed by atoms with Gasteiger partial charge in [-0.1, -0.05) is 6.92 Å². The molecule has 0 aromatic heterocycles. The van der Waals surface area contributed by atoms with Crippen LogP contribution < -0.4 is 0 Å². The van der Waals surface area contributed by atoms with E-state index in [1.807, 2.05) is 6.92 Å². The molecule has 0 aliphatic carbocycles. The number of sulfonamides is 1. The molecule has 6 nitrogen and oxygen atoms in total. The van der Waals surface area contributed by atoms with Crippen molar-refractivity contribution in [3.63, 3.8) is 0 Å². The van der Waals surface area contributed by atoms with Gasteiger partial charge in [-0.2, -0.15) is 4.31 Å². The lowest BCUT2D eigenvalue weighted by Gasteiger charge is -2.30. The van der Waals surface area contributed by atoms with E-state index in [2.05, 4.69) is 0 Å². The van der Waals surface area contributed by atoms with Crippen molar-refractivity contribution in [2.24, 2.45) is 0 Å². The van der Waals surface area contributed by atoms with Crippen LogP contribution in [0.3, 0.4) is 0 Å². The smallest absolute Gasteiger partial charge is 0.241 e. The molecule has 1 amide bonds. The summed E-state index contributed by atoms with van der Waals surface area (Å²) in [6, 6.07) is -0.697. The summed E-state index contributed by atoms with van der Waals surface area (Å²) in [5.74, 6) is -0.0287. The minimum absolute atomic E-state index is 0.0415. The first-order valence-electron chi connectivity index (χ1n) is 7.42. The van der Waals surface area contributed by atoms with Gasteiger partial charge in [0.25, 0.3) is 0 Å². The van der Waals surface area contributed by atoms with Gasteiger partial charge in [-0.3, -0.25) is 4.79 Å². The number of carbonyl (C=O) groups is 1. The van der Waals surface area contributed by atoms with Gasteiger partial charge in [0.05, 0.1) is 18.4 Å². The first-order chi connectivity index (χ1) is 9.51. The third-order valence-electron chi connectivity index (χ3n) is 4.18. The molecule has 0 saturated carbocycles. The van der Waals surface area contributed by atoms with Crippen LogP contribution in [0.15, 0.2) is 0 Å². The molecule has 0 aromatic carbocycles. The molecule has 2 saturated heterocycles. The quantitative estimate of drug-likeness (QED) is 0.785. The zero-order chi connectivity index (χ0) is 14.8. The summed E-state index contributed by atoms with van der Waals surface area (Å²) < 4.78 is 25.8. The lowest BCUT2D eigenvalue weighted by atomic mass is 10.2. The number of hydrogen-bond acceptors (Lipinski definition) is 4. The number of amides is 1. The fraction of sp³-hybridized carbons (Fsp3) is 0.923. The average molecular weight is 304 g/mol. The van der Waals surface area contributed by atoms with Crippen LogP contribution in [0.5, 0.6) is 0 Å². The van der Waals surface area contributed by atoms with Crippen LogP contribution in [-0.2, 0) is 14.8 Å². The normalized spacial score (nSPS) is 28.2. The number of nitrogens with zero attached hydrogens (tertiary/aromatic N) is 2. The summed E-state index contributed by atoms with van der Waals surface area (Å²) in [5.41, 5.74) is 0. The minimum atomic E-state index is -3.33. The van der Waals surface area contributed by atoms with E-state index in [9.17, 15) is 18.3 Å². The van der Waals surface area contributed by atoms with E-state index < -0.39 is 16.1 Å². The molecule has 1 N–H and O–H groups in total. The Balaban J connectivity index is 2.12. The van der Waals surface area contributed by atoms with Crippen LogP contribution in [0.2, 0.25) is 0 Å². The number of hydrogen-bond donors (Lipinski definition) is 1. The second kappa shape index (κ2) is 6.41. The Kier molecular flexibility index (Phi) is 5.04. The molecule has 0 aromatic rings. The van der Waals surface area contributed by atoms with Gasteiger partial charge in [0.2, 0.25) is 15.9 Å². The number of carbonyl (C=O) groups excluding carboxylic acids is 1.